The Hall–Kier alpha value is -0.640. The Morgan fingerprint density at radius 2 is 2.25 bits per heavy atom. The fourth-order valence-electron chi connectivity index (χ4n) is 0.688. The van der Waals surface area contributed by atoms with Crippen LogP contribution in [0.5, 0.6) is 0 Å². The Bertz CT molecular complexity index is 235. The lowest BCUT2D eigenvalue weighted by Gasteiger charge is -1.99. The van der Waals surface area contributed by atoms with E-state index >= 15 is 0 Å². The molecule has 1 aromatic heterocycles. The fourth-order valence-corrected chi connectivity index (χ4v) is 1.28. The van der Waals surface area contributed by atoms with Gasteiger partial charge in [0, 0.05) is 6.20 Å². The van der Waals surface area contributed by atoms with Crippen molar-refractivity contribution in [2.75, 3.05) is 5.75 Å². The van der Waals surface area contributed by atoms with Crippen molar-refractivity contribution in [3.63, 3.8) is 0 Å². The molecule has 0 saturated carbocycles. The van der Waals surface area contributed by atoms with Crippen molar-refractivity contribution in [2.45, 2.75) is 18.4 Å². The van der Waals surface area contributed by atoms with E-state index in [1.165, 1.54) is 0 Å². The van der Waals surface area contributed by atoms with Crippen LogP contribution >= 0.6 is 11.8 Å². The number of alkyl halides is 2. The monoisotopic (exact) mass is 189 g/mol. The number of hydrogen-bond donors (Lipinski definition) is 0. The number of pyridine rings is 1. The van der Waals surface area contributed by atoms with Gasteiger partial charge in [-0.25, -0.2) is 13.8 Å². The van der Waals surface area contributed by atoms with Gasteiger partial charge >= 0.3 is 0 Å². The van der Waals surface area contributed by atoms with Crippen molar-refractivity contribution >= 4 is 11.8 Å². The summed E-state index contributed by atoms with van der Waals surface area (Å²) in [5, 5.41) is 0.654. The molecule has 0 aliphatic rings. The molecule has 12 heavy (non-hydrogen) atoms. The lowest BCUT2D eigenvalue weighted by atomic mass is 10.3. The van der Waals surface area contributed by atoms with Crippen LogP contribution in [0, 0.1) is 6.92 Å². The van der Waals surface area contributed by atoms with Gasteiger partial charge in [0.2, 0.25) is 6.43 Å². The molecule has 1 rings (SSSR count). The topological polar surface area (TPSA) is 12.9 Å². The van der Waals surface area contributed by atoms with Crippen molar-refractivity contribution in [2.24, 2.45) is 0 Å². The molecule has 0 unspecified atom stereocenters. The second-order valence-electron chi connectivity index (χ2n) is 2.38. The van der Waals surface area contributed by atoms with Gasteiger partial charge in [0.05, 0.1) is 10.8 Å². The summed E-state index contributed by atoms with van der Waals surface area (Å²) in [6.45, 7) is 1.91. The first-order valence-electron chi connectivity index (χ1n) is 3.52. The van der Waals surface area contributed by atoms with E-state index in [-0.39, 0.29) is 5.75 Å². The van der Waals surface area contributed by atoms with Crippen LogP contribution in [0.2, 0.25) is 0 Å². The van der Waals surface area contributed by atoms with Crippen molar-refractivity contribution < 1.29 is 8.78 Å². The number of thioether (sulfide) groups is 1. The number of aryl methyl sites for hydroxylation is 1. The van der Waals surface area contributed by atoms with Crippen LogP contribution in [-0.4, -0.2) is 17.2 Å². The molecule has 0 atom stereocenters. The molecule has 0 aromatic carbocycles. The normalized spacial score (nSPS) is 10.7. The molecule has 0 bridgehead atoms. The molecular weight excluding hydrogens is 180 g/mol. The summed E-state index contributed by atoms with van der Waals surface area (Å²) in [5.41, 5.74) is 1.04. The highest BCUT2D eigenvalue weighted by Gasteiger charge is 2.03. The zero-order valence-electron chi connectivity index (χ0n) is 6.63. The van der Waals surface area contributed by atoms with Gasteiger partial charge in [0.15, 0.2) is 0 Å². The highest BCUT2D eigenvalue weighted by molar-refractivity contribution is 7.99. The summed E-state index contributed by atoms with van der Waals surface area (Å²) >= 11 is 1.08. The van der Waals surface area contributed by atoms with E-state index in [9.17, 15) is 8.78 Å². The van der Waals surface area contributed by atoms with Gasteiger partial charge in [-0.05, 0) is 18.6 Å². The summed E-state index contributed by atoms with van der Waals surface area (Å²) in [7, 11) is 0. The standard InChI is InChI=1S/C8H9F2NS/c1-6-2-3-8(11-4-6)12-5-7(9)10/h2-4,7H,5H2,1H3. The summed E-state index contributed by atoms with van der Waals surface area (Å²) in [5.74, 6) is -0.184. The van der Waals surface area contributed by atoms with Crippen molar-refractivity contribution in [1.29, 1.82) is 0 Å². The second-order valence-corrected chi connectivity index (χ2v) is 3.42. The molecular formula is C8H9F2NS. The molecule has 1 heterocycles. The smallest absolute Gasteiger partial charge is 0.247 e. The molecule has 0 aliphatic heterocycles. The largest absolute Gasteiger partial charge is 0.250 e. The quantitative estimate of drug-likeness (QED) is 0.678. The van der Waals surface area contributed by atoms with E-state index in [1.54, 1.807) is 12.3 Å². The highest BCUT2D eigenvalue weighted by Crippen LogP contribution is 2.17. The van der Waals surface area contributed by atoms with E-state index < -0.39 is 6.43 Å². The second kappa shape index (κ2) is 4.40. The van der Waals surface area contributed by atoms with Crippen LogP contribution in [0.4, 0.5) is 8.78 Å². The van der Waals surface area contributed by atoms with Crippen molar-refractivity contribution in [1.82, 2.24) is 4.98 Å². The van der Waals surface area contributed by atoms with E-state index in [1.807, 2.05) is 13.0 Å². The molecule has 66 valence electrons. The molecule has 0 fully saturated rings. The lowest BCUT2D eigenvalue weighted by Crippen LogP contribution is -1.94. The molecule has 0 aliphatic carbocycles. The predicted molar refractivity (Wildman–Crippen MR) is 45.7 cm³/mol. The maximum absolute atomic E-state index is 11.8. The number of aromatic nitrogens is 1. The van der Waals surface area contributed by atoms with E-state index in [2.05, 4.69) is 4.98 Å². The Morgan fingerprint density at radius 3 is 2.75 bits per heavy atom. The van der Waals surface area contributed by atoms with Gasteiger partial charge in [0.1, 0.15) is 0 Å². The Labute approximate surface area is 74.2 Å². The molecule has 0 saturated heterocycles. The van der Waals surface area contributed by atoms with E-state index in [0.717, 1.165) is 17.3 Å². The zero-order chi connectivity index (χ0) is 8.97. The number of rotatable bonds is 3. The Morgan fingerprint density at radius 1 is 1.50 bits per heavy atom. The third kappa shape index (κ3) is 3.17. The minimum absolute atomic E-state index is 0.184. The van der Waals surface area contributed by atoms with Gasteiger partial charge in [-0.15, -0.1) is 11.8 Å². The minimum atomic E-state index is -2.27. The van der Waals surface area contributed by atoms with Gasteiger partial charge in [0.25, 0.3) is 0 Å². The van der Waals surface area contributed by atoms with Crippen molar-refractivity contribution in [3.8, 4) is 0 Å². The van der Waals surface area contributed by atoms with Crippen LogP contribution < -0.4 is 0 Å². The number of halogens is 2. The Kier molecular flexibility index (Phi) is 3.47. The number of hydrogen-bond acceptors (Lipinski definition) is 2. The molecule has 0 radical (unpaired) electrons. The first-order chi connectivity index (χ1) is 5.68. The molecule has 0 spiro atoms. The Balaban J connectivity index is 2.48. The molecule has 4 heteroatoms. The van der Waals surface area contributed by atoms with Crippen molar-refractivity contribution in [3.05, 3.63) is 23.9 Å². The van der Waals surface area contributed by atoms with Crippen LogP contribution in [0.3, 0.4) is 0 Å². The van der Waals surface area contributed by atoms with Crippen LogP contribution in [0.25, 0.3) is 0 Å². The van der Waals surface area contributed by atoms with Crippen LogP contribution in [0.15, 0.2) is 23.4 Å². The summed E-state index contributed by atoms with van der Waals surface area (Å²) < 4.78 is 23.5. The van der Waals surface area contributed by atoms with E-state index in [4.69, 9.17) is 0 Å². The number of nitrogens with zero attached hydrogens (tertiary/aromatic N) is 1. The third-order valence-corrected chi connectivity index (χ3v) is 2.20. The van der Waals surface area contributed by atoms with Gasteiger partial charge in [-0.1, -0.05) is 6.07 Å². The van der Waals surface area contributed by atoms with Gasteiger partial charge < -0.3 is 0 Å². The molecule has 1 aromatic rings. The predicted octanol–water partition coefficient (Wildman–Crippen LogP) is 2.75. The molecule has 1 nitrogen and oxygen atoms in total. The molecule has 0 N–H and O–H groups in total. The highest BCUT2D eigenvalue weighted by atomic mass is 32.2. The van der Waals surface area contributed by atoms with Gasteiger partial charge in [-0.3, -0.25) is 0 Å². The first-order valence-corrected chi connectivity index (χ1v) is 4.50. The summed E-state index contributed by atoms with van der Waals surface area (Å²) in [6.07, 6.45) is -0.591. The van der Waals surface area contributed by atoms with E-state index in [0.29, 0.717) is 5.03 Å². The average Bonchev–Trinajstić information content (AvgIpc) is 2.03. The zero-order valence-corrected chi connectivity index (χ0v) is 7.44. The van der Waals surface area contributed by atoms with Gasteiger partial charge in [-0.2, -0.15) is 0 Å². The fraction of sp³-hybridized carbons (Fsp3) is 0.375. The maximum Gasteiger partial charge on any atom is 0.247 e. The SMILES string of the molecule is Cc1ccc(SCC(F)F)nc1. The van der Waals surface area contributed by atoms with Crippen LogP contribution in [0.1, 0.15) is 5.56 Å². The van der Waals surface area contributed by atoms with Crippen LogP contribution in [-0.2, 0) is 0 Å². The maximum atomic E-state index is 11.8. The summed E-state index contributed by atoms with van der Waals surface area (Å²) in [6, 6.07) is 3.61. The average molecular weight is 189 g/mol. The minimum Gasteiger partial charge on any atom is -0.250 e. The third-order valence-electron chi connectivity index (χ3n) is 1.24. The lowest BCUT2D eigenvalue weighted by molar-refractivity contribution is 0.177. The summed E-state index contributed by atoms with van der Waals surface area (Å²) in [4.78, 5) is 3.98. The first kappa shape index (κ1) is 9.45. The molecule has 0 amide bonds.